The van der Waals surface area contributed by atoms with Crippen molar-refractivity contribution in [3.63, 3.8) is 0 Å². The van der Waals surface area contributed by atoms with E-state index in [1.165, 1.54) is 9.80 Å². The van der Waals surface area contributed by atoms with Gasteiger partial charge < -0.3 is 29.6 Å². The number of fused-ring (bicyclic) bond motifs is 1. The molecular formula is C30H29N5O5. The highest BCUT2D eigenvalue weighted by atomic mass is 16.5. The van der Waals surface area contributed by atoms with Crippen LogP contribution in [0.2, 0.25) is 0 Å². The van der Waals surface area contributed by atoms with Gasteiger partial charge in [0.2, 0.25) is 17.5 Å². The number of amides is 3. The van der Waals surface area contributed by atoms with E-state index in [2.05, 4.69) is 15.1 Å². The van der Waals surface area contributed by atoms with Crippen molar-refractivity contribution in [3.8, 4) is 17.2 Å². The molecule has 0 unspecified atom stereocenters. The van der Waals surface area contributed by atoms with Gasteiger partial charge in [-0.15, -0.1) is 0 Å². The second-order valence-electron chi connectivity index (χ2n) is 8.96. The maximum atomic E-state index is 13.4. The fourth-order valence-corrected chi connectivity index (χ4v) is 3.94. The standard InChI is InChI=1S/C30H29N5O5/c1-5-34(3)28(37)19-35(30(38)26-17-20-7-6-8-25(31-2)29(20)33-26)18-27(36)32-21-9-11-23(12-10-21)40-24-15-13-22(39-4)14-16-24/h6-17,33H,5,18-19H2,1,3-4H3,(H,32,36). The Morgan fingerprint density at radius 3 is 2.23 bits per heavy atom. The van der Waals surface area contributed by atoms with Gasteiger partial charge >= 0.3 is 0 Å². The van der Waals surface area contributed by atoms with Crippen LogP contribution in [0.4, 0.5) is 11.4 Å². The number of carbonyl (C=O) groups excluding carboxylic acids is 3. The first-order valence-electron chi connectivity index (χ1n) is 12.6. The number of nitrogens with one attached hydrogen (secondary N) is 2. The number of aromatic amines is 1. The molecule has 0 aliphatic carbocycles. The highest BCUT2D eigenvalue weighted by Crippen LogP contribution is 2.27. The van der Waals surface area contributed by atoms with Crippen LogP contribution < -0.4 is 14.8 Å². The number of nitrogens with zero attached hydrogens (tertiary/aromatic N) is 3. The number of H-pyrrole nitrogens is 1. The van der Waals surface area contributed by atoms with Crippen LogP contribution in [0.5, 0.6) is 17.2 Å². The van der Waals surface area contributed by atoms with Crippen LogP contribution in [0.1, 0.15) is 17.4 Å². The zero-order valence-corrected chi connectivity index (χ0v) is 22.4. The Morgan fingerprint density at radius 1 is 0.950 bits per heavy atom. The molecule has 0 radical (unpaired) electrons. The summed E-state index contributed by atoms with van der Waals surface area (Å²) in [6.07, 6.45) is 0. The first-order chi connectivity index (χ1) is 19.3. The average molecular weight is 540 g/mol. The van der Waals surface area contributed by atoms with E-state index in [-0.39, 0.29) is 24.7 Å². The number of rotatable bonds is 10. The van der Waals surface area contributed by atoms with Crippen LogP contribution in [0.15, 0.2) is 72.8 Å². The molecule has 204 valence electrons. The van der Waals surface area contributed by atoms with Gasteiger partial charge in [0.15, 0.2) is 0 Å². The first-order valence-corrected chi connectivity index (χ1v) is 12.6. The summed E-state index contributed by atoms with van der Waals surface area (Å²) in [6.45, 7) is 9.01. The summed E-state index contributed by atoms with van der Waals surface area (Å²) in [5.74, 6) is 0.630. The van der Waals surface area contributed by atoms with Gasteiger partial charge in [-0.2, -0.15) is 0 Å². The van der Waals surface area contributed by atoms with Crippen molar-refractivity contribution in [3.05, 3.63) is 89.9 Å². The van der Waals surface area contributed by atoms with Gasteiger partial charge in [0, 0.05) is 19.3 Å². The topological polar surface area (TPSA) is 108 Å². The summed E-state index contributed by atoms with van der Waals surface area (Å²) in [6, 6.07) is 20.7. The van der Waals surface area contributed by atoms with E-state index in [0.717, 1.165) is 5.75 Å². The van der Waals surface area contributed by atoms with E-state index in [0.29, 0.717) is 40.3 Å². The molecule has 0 saturated carbocycles. The van der Waals surface area contributed by atoms with Crippen molar-refractivity contribution in [1.82, 2.24) is 14.8 Å². The fourth-order valence-electron chi connectivity index (χ4n) is 3.94. The van der Waals surface area contributed by atoms with Crippen LogP contribution in [0, 0.1) is 6.57 Å². The molecule has 2 N–H and O–H groups in total. The summed E-state index contributed by atoms with van der Waals surface area (Å²) in [5.41, 5.74) is 1.59. The van der Waals surface area contributed by atoms with Crippen molar-refractivity contribution in [2.75, 3.05) is 39.1 Å². The lowest BCUT2D eigenvalue weighted by atomic mass is 10.2. The first kappa shape index (κ1) is 27.7. The third kappa shape index (κ3) is 6.57. The molecule has 0 spiro atoms. The number of hydrogen-bond acceptors (Lipinski definition) is 5. The molecule has 0 atom stereocenters. The third-order valence-electron chi connectivity index (χ3n) is 6.27. The summed E-state index contributed by atoms with van der Waals surface area (Å²) in [4.78, 5) is 48.2. The lowest BCUT2D eigenvalue weighted by molar-refractivity contribution is -0.130. The van der Waals surface area contributed by atoms with Crippen LogP contribution in [-0.4, -0.2) is 66.3 Å². The molecule has 3 amide bonds. The number of carbonyl (C=O) groups is 3. The predicted octanol–water partition coefficient (Wildman–Crippen LogP) is 5.08. The highest BCUT2D eigenvalue weighted by molar-refractivity contribution is 6.04. The van der Waals surface area contributed by atoms with E-state index in [1.807, 2.05) is 6.92 Å². The number of methoxy groups -OCH3 is 1. The molecule has 4 rings (SSSR count). The molecule has 4 aromatic rings. The Balaban J connectivity index is 1.47. The number of hydrogen-bond donors (Lipinski definition) is 2. The molecule has 1 aromatic heterocycles. The number of benzene rings is 3. The van der Waals surface area contributed by atoms with E-state index in [4.69, 9.17) is 16.0 Å². The normalized spacial score (nSPS) is 10.4. The zero-order valence-electron chi connectivity index (χ0n) is 22.4. The number of anilines is 1. The Bertz CT molecular complexity index is 1550. The molecule has 10 heteroatoms. The van der Waals surface area contributed by atoms with Gasteiger partial charge in [0.1, 0.15) is 36.0 Å². The molecular weight excluding hydrogens is 510 g/mol. The second-order valence-corrected chi connectivity index (χ2v) is 8.96. The summed E-state index contributed by atoms with van der Waals surface area (Å²) >= 11 is 0. The molecule has 0 saturated heterocycles. The number of aromatic nitrogens is 1. The van der Waals surface area contributed by atoms with E-state index in [1.54, 1.807) is 87.0 Å². The van der Waals surface area contributed by atoms with Crippen LogP contribution in [-0.2, 0) is 9.59 Å². The van der Waals surface area contributed by atoms with Gasteiger partial charge in [0.25, 0.3) is 5.91 Å². The van der Waals surface area contributed by atoms with E-state index < -0.39 is 11.8 Å². The van der Waals surface area contributed by atoms with Gasteiger partial charge in [-0.25, -0.2) is 4.85 Å². The quantitative estimate of drug-likeness (QED) is 0.273. The maximum Gasteiger partial charge on any atom is 0.271 e. The molecule has 3 aromatic carbocycles. The highest BCUT2D eigenvalue weighted by Gasteiger charge is 2.24. The minimum absolute atomic E-state index is 0.186. The molecule has 0 aliphatic heterocycles. The van der Waals surface area contributed by atoms with E-state index in [9.17, 15) is 14.4 Å². The van der Waals surface area contributed by atoms with Crippen LogP contribution >= 0.6 is 0 Å². The summed E-state index contributed by atoms with van der Waals surface area (Å²) in [5, 5.41) is 3.46. The molecule has 40 heavy (non-hydrogen) atoms. The van der Waals surface area contributed by atoms with E-state index >= 15 is 0 Å². The predicted molar refractivity (Wildman–Crippen MR) is 152 cm³/mol. The maximum absolute atomic E-state index is 13.4. The Hall–Kier alpha value is -5.30. The van der Waals surface area contributed by atoms with Gasteiger partial charge in [-0.05, 0) is 66.9 Å². The lowest BCUT2D eigenvalue weighted by Gasteiger charge is -2.24. The van der Waals surface area contributed by atoms with Crippen molar-refractivity contribution in [2.45, 2.75) is 6.92 Å². The fraction of sp³-hybridized carbons (Fsp3) is 0.200. The molecule has 0 bridgehead atoms. The third-order valence-corrected chi connectivity index (χ3v) is 6.27. The van der Waals surface area contributed by atoms with Crippen LogP contribution in [0.25, 0.3) is 15.7 Å². The molecule has 10 nitrogen and oxygen atoms in total. The summed E-state index contributed by atoms with van der Waals surface area (Å²) in [7, 11) is 3.22. The molecule has 1 heterocycles. The number of ether oxygens (including phenoxy) is 2. The zero-order chi connectivity index (χ0) is 28.6. The Kier molecular flexibility index (Phi) is 8.66. The Morgan fingerprint density at radius 2 is 1.60 bits per heavy atom. The van der Waals surface area contributed by atoms with Crippen molar-refractivity contribution < 1.29 is 23.9 Å². The molecule has 0 aliphatic rings. The smallest absolute Gasteiger partial charge is 0.271 e. The average Bonchev–Trinajstić information content (AvgIpc) is 3.42. The van der Waals surface area contributed by atoms with Gasteiger partial charge in [-0.1, -0.05) is 18.2 Å². The van der Waals surface area contributed by atoms with Crippen molar-refractivity contribution in [1.29, 1.82) is 0 Å². The largest absolute Gasteiger partial charge is 0.497 e. The van der Waals surface area contributed by atoms with Crippen LogP contribution in [0.3, 0.4) is 0 Å². The lowest BCUT2D eigenvalue weighted by Crippen LogP contribution is -2.45. The minimum atomic E-state index is -0.525. The van der Waals surface area contributed by atoms with Crippen molar-refractivity contribution in [2.24, 2.45) is 0 Å². The van der Waals surface area contributed by atoms with Crippen molar-refractivity contribution >= 4 is 40.0 Å². The van der Waals surface area contributed by atoms with Gasteiger partial charge in [-0.3, -0.25) is 14.4 Å². The second kappa shape index (κ2) is 12.5. The number of likely N-dealkylation sites (N-methyl/N-ethyl adjacent to an activating group) is 1. The Labute approximate surface area is 231 Å². The molecule has 0 fully saturated rings. The number of para-hydroxylation sites is 1. The monoisotopic (exact) mass is 539 g/mol. The van der Waals surface area contributed by atoms with Gasteiger partial charge in [0.05, 0.1) is 19.2 Å². The minimum Gasteiger partial charge on any atom is -0.497 e. The summed E-state index contributed by atoms with van der Waals surface area (Å²) < 4.78 is 11.0. The SMILES string of the molecule is [C-]#[N+]c1cccc2cc(C(=O)N(CC(=O)Nc3ccc(Oc4ccc(OC)cc4)cc3)CC(=O)N(C)CC)[nH]c12.